The number of rotatable bonds is 13. The molecule has 1 aliphatic carbocycles. The van der Waals surface area contributed by atoms with Crippen LogP contribution in [0.5, 0.6) is 11.5 Å². The van der Waals surface area contributed by atoms with Gasteiger partial charge in [-0.2, -0.15) is 5.26 Å². The summed E-state index contributed by atoms with van der Waals surface area (Å²) in [4.78, 5) is 78.4. The maximum atomic E-state index is 14.3. The zero-order valence-electron chi connectivity index (χ0n) is 33.7. The summed E-state index contributed by atoms with van der Waals surface area (Å²) in [5.41, 5.74) is 5.06. The molecule has 2 aromatic carbocycles. The molecule has 1 saturated carbocycles. The molecule has 5 heterocycles. The van der Waals surface area contributed by atoms with Crippen LogP contribution < -0.4 is 20.1 Å². The number of pyridine rings is 1. The number of benzene rings is 2. The van der Waals surface area contributed by atoms with Crippen molar-refractivity contribution in [3.05, 3.63) is 82.0 Å². The van der Waals surface area contributed by atoms with Crippen molar-refractivity contribution in [2.45, 2.75) is 96.5 Å². The van der Waals surface area contributed by atoms with Crippen molar-refractivity contribution in [1.29, 1.82) is 5.26 Å². The number of hydrogen-bond donors (Lipinski definition) is 1. The van der Waals surface area contributed by atoms with Crippen molar-refractivity contribution < 1.29 is 33.4 Å². The van der Waals surface area contributed by atoms with Gasteiger partial charge in [0.2, 0.25) is 11.8 Å². The van der Waals surface area contributed by atoms with Crippen LogP contribution in [0.3, 0.4) is 0 Å². The van der Waals surface area contributed by atoms with E-state index in [9.17, 15) is 29.2 Å². The van der Waals surface area contributed by atoms with Crippen molar-refractivity contribution in [1.82, 2.24) is 19.7 Å². The summed E-state index contributed by atoms with van der Waals surface area (Å²) in [6, 6.07) is 14.4. The number of fused-ring (bicyclic) bond motifs is 3. The quantitative estimate of drug-likeness (QED) is 0.177. The summed E-state index contributed by atoms with van der Waals surface area (Å²) < 4.78 is 12.4. The van der Waals surface area contributed by atoms with Crippen LogP contribution in [-0.2, 0) is 9.59 Å². The largest absolute Gasteiger partial charge is 0.494 e. The van der Waals surface area contributed by atoms with E-state index in [1.165, 1.54) is 11.1 Å². The van der Waals surface area contributed by atoms with Gasteiger partial charge in [0, 0.05) is 54.7 Å². The highest BCUT2D eigenvalue weighted by atomic mass is 35.5. The molecule has 0 radical (unpaired) electrons. The van der Waals surface area contributed by atoms with Gasteiger partial charge in [-0.05, 0) is 81.1 Å². The molecule has 3 saturated heterocycles. The fraction of sp³-hybridized carbons (Fsp3) is 0.477. The number of amides is 5. The number of piperidine rings is 1. The van der Waals surface area contributed by atoms with Crippen LogP contribution in [0.4, 0.5) is 5.82 Å². The number of imide groups is 2. The molecule has 14 nitrogen and oxygen atoms in total. The fourth-order valence-electron chi connectivity index (χ4n) is 10.6. The SMILES string of the molecule is CC1(C)C(Oc2ccc(C#N)c(Cl)c2)C(C)(C)C1N1C(=O)CC[C@@H](N2C(=O)c3ccc(OCCCCCN4C[C@H]5C[C@@H]4CN5c4ccc(C(N)=O)cn4)cc3C2=O)C1=O. The third-order valence-electron chi connectivity index (χ3n) is 13.0. The van der Waals surface area contributed by atoms with E-state index in [1.54, 1.807) is 42.5 Å². The molecule has 15 heteroatoms. The first kappa shape index (κ1) is 40.3. The molecule has 8 rings (SSSR count). The minimum atomic E-state index is -1.13. The average Bonchev–Trinajstić information content (AvgIpc) is 3.88. The number of aromatic nitrogens is 1. The number of nitriles is 1. The normalized spacial score (nSPS) is 25.6. The molecule has 5 amide bonds. The highest BCUT2D eigenvalue weighted by Gasteiger charge is 2.68. The molecule has 59 heavy (non-hydrogen) atoms. The molecule has 1 aromatic heterocycles. The first-order valence-corrected chi connectivity index (χ1v) is 20.6. The summed E-state index contributed by atoms with van der Waals surface area (Å²) in [6.07, 6.45) is 5.05. The Labute approximate surface area is 348 Å². The minimum Gasteiger partial charge on any atom is -0.494 e. The molecule has 4 fully saturated rings. The number of hydrogen-bond acceptors (Lipinski definition) is 11. The van der Waals surface area contributed by atoms with E-state index in [-0.39, 0.29) is 34.9 Å². The highest BCUT2D eigenvalue weighted by molar-refractivity contribution is 6.31. The fourth-order valence-corrected chi connectivity index (χ4v) is 10.8. The number of unbranched alkanes of at least 4 members (excludes halogenated alkanes) is 2. The van der Waals surface area contributed by atoms with Gasteiger partial charge in [0.05, 0.1) is 39.9 Å². The lowest BCUT2D eigenvalue weighted by atomic mass is 9.48. The number of carbonyl (C=O) groups is 5. The first-order chi connectivity index (χ1) is 28.1. The Hall–Kier alpha value is -5.52. The van der Waals surface area contributed by atoms with Crippen LogP contribution in [0.2, 0.25) is 5.02 Å². The van der Waals surface area contributed by atoms with Gasteiger partial charge < -0.3 is 20.1 Å². The summed E-state index contributed by atoms with van der Waals surface area (Å²) in [6.45, 7) is 11.0. The maximum Gasteiger partial charge on any atom is 0.262 e. The number of anilines is 1. The number of piperazine rings is 1. The summed E-state index contributed by atoms with van der Waals surface area (Å²) in [7, 11) is 0. The lowest BCUT2D eigenvalue weighted by Crippen LogP contribution is -2.77. The number of likely N-dealkylation sites (tertiary alicyclic amines) is 2. The van der Waals surface area contributed by atoms with Crippen LogP contribution in [0.1, 0.15) is 103 Å². The van der Waals surface area contributed by atoms with Gasteiger partial charge in [-0.1, -0.05) is 39.3 Å². The van der Waals surface area contributed by atoms with Gasteiger partial charge >= 0.3 is 0 Å². The predicted molar refractivity (Wildman–Crippen MR) is 217 cm³/mol. The Morgan fingerprint density at radius 3 is 2.32 bits per heavy atom. The van der Waals surface area contributed by atoms with Crippen LogP contribution in [0.15, 0.2) is 54.7 Å². The van der Waals surface area contributed by atoms with Crippen LogP contribution >= 0.6 is 11.6 Å². The van der Waals surface area contributed by atoms with Gasteiger partial charge in [-0.15, -0.1) is 0 Å². The molecule has 308 valence electrons. The van der Waals surface area contributed by atoms with Crippen LogP contribution in [0.25, 0.3) is 0 Å². The van der Waals surface area contributed by atoms with Gasteiger partial charge in [-0.25, -0.2) is 4.98 Å². The van der Waals surface area contributed by atoms with E-state index >= 15 is 0 Å². The molecule has 3 atom stereocenters. The zero-order valence-corrected chi connectivity index (χ0v) is 34.4. The third-order valence-corrected chi connectivity index (χ3v) is 13.3. The van der Waals surface area contributed by atoms with Gasteiger partial charge in [0.15, 0.2) is 0 Å². The number of carbonyl (C=O) groups excluding carboxylic acids is 5. The van der Waals surface area contributed by atoms with Gasteiger partial charge in [0.25, 0.3) is 17.7 Å². The average molecular weight is 822 g/mol. The van der Waals surface area contributed by atoms with Crippen molar-refractivity contribution in [3.63, 3.8) is 0 Å². The lowest BCUT2D eigenvalue weighted by molar-refractivity contribution is -0.216. The maximum absolute atomic E-state index is 14.3. The first-order valence-electron chi connectivity index (χ1n) is 20.2. The number of primary amides is 1. The predicted octanol–water partition coefficient (Wildman–Crippen LogP) is 5.21. The molecule has 3 aromatic rings. The van der Waals surface area contributed by atoms with Crippen molar-refractivity contribution in [2.24, 2.45) is 16.6 Å². The Bertz CT molecular complexity index is 2260. The molecule has 4 aliphatic heterocycles. The Kier molecular flexibility index (Phi) is 10.4. The van der Waals surface area contributed by atoms with E-state index in [4.69, 9.17) is 26.8 Å². The topological polar surface area (TPSA) is 179 Å². The summed E-state index contributed by atoms with van der Waals surface area (Å²) >= 11 is 6.26. The molecule has 5 aliphatic rings. The number of ether oxygens (including phenoxy) is 2. The molecule has 0 unspecified atom stereocenters. The highest BCUT2D eigenvalue weighted by Crippen LogP contribution is 2.58. The Morgan fingerprint density at radius 2 is 1.66 bits per heavy atom. The van der Waals surface area contributed by atoms with E-state index < -0.39 is 52.6 Å². The van der Waals surface area contributed by atoms with Crippen LogP contribution in [0, 0.1) is 22.2 Å². The van der Waals surface area contributed by atoms with Crippen molar-refractivity contribution >= 4 is 47.0 Å². The number of nitrogens with two attached hydrogens (primary N) is 1. The zero-order chi connectivity index (χ0) is 42.0. The summed E-state index contributed by atoms with van der Waals surface area (Å²) in [5, 5.41) is 9.53. The monoisotopic (exact) mass is 821 g/mol. The number of nitrogens with zero attached hydrogens (tertiary/aromatic N) is 6. The smallest absolute Gasteiger partial charge is 0.262 e. The molecule has 0 spiro atoms. The molecule has 2 N–H and O–H groups in total. The van der Waals surface area contributed by atoms with Gasteiger partial charge in [-0.3, -0.25) is 38.7 Å². The second-order valence-corrected chi connectivity index (χ2v) is 17.9. The second-order valence-electron chi connectivity index (χ2n) is 17.5. The lowest BCUT2D eigenvalue weighted by Gasteiger charge is -2.65. The molecular weight excluding hydrogens is 774 g/mol. The second kappa shape index (κ2) is 15.3. The molecule has 2 bridgehead atoms. The van der Waals surface area contributed by atoms with Gasteiger partial charge in [0.1, 0.15) is 35.5 Å². The standard InChI is InChI=1S/C44H48ClN7O7/c1-43(2)41(44(3,4)42(43)59-30-10-8-25(21-46)33(45)20-30)52-36(53)15-13-34(40(52)57)51-38(55)31-12-11-29(19-32(31)39(51)56)58-17-7-5-6-16-49-23-28-18-27(49)24-50(28)35-14-9-26(22-48-35)37(47)54/h8-12,14,19-20,22,27-28,34,41-42H,5-7,13,15-18,23-24H2,1-4H3,(H2,47,54)/t27-,28-,34-,41?,42?/m1/s1. The van der Waals surface area contributed by atoms with Crippen molar-refractivity contribution in [3.8, 4) is 17.6 Å². The van der Waals surface area contributed by atoms with E-state index in [0.717, 1.165) is 56.0 Å². The van der Waals surface area contributed by atoms with Crippen LogP contribution in [-0.4, -0.2) is 106 Å². The Morgan fingerprint density at radius 1 is 0.915 bits per heavy atom. The minimum absolute atomic E-state index is 0.000568. The third kappa shape index (κ3) is 6.97. The molecular formula is C44H48ClN7O7. The van der Waals surface area contributed by atoms with E-state index in [1.807, 2.05) is 39.8 Å². The van der Waals surface area contributed by atoms with Crippen molar-refractivity contribution in [2.75, 3.05) is 31.1 Å². The summed E-state index contributed by atoms with van der Waals surface area (Å²) in [5.74, 6) is -0.741. The number of halogens is 1. The van der Waals surface area contributed by atoms with E-state index in [2.05, 4.69) is 14.8 Å². The van der Waals surface area contributed by atoms with E-state index in [0.29, 0.717) is 41.3 Å². The Balaban J connectivity index is 0.835.